The van der Waals surface area contributed by atoms with E-state index in [-0.39, 0.29) is 11.0 Å². The number of benzene rings is 1. The van der Waals surface area contributed by atoms with Crippen molar-refractivity contribution in [1.29, 1.82) is 0 Å². The van der Waals surface area contributed by atoms with Gasteiger partial charge in [0.15, 0.2) is 0 Å². The molecule has 2 rings (SSSR count). The third kappa shape index (κ3) is 2.59. The molecule has 0 spiro atoms. The Morgan fingerprint density at radius 2 is 1.55 bits per heavy atom. The minimum atomic E-state index is -3.09. The van der Waals surface area contributed by atoms with E-state index < -0.39 is 30.1 Å². The summed E-state index contributed by atoms with van der Waals surface area (Å²) in [6.07, 6.45) is 0. The molecule has 110 valence electrons. The highest BCUT2D eigenvalue weighted by atomic mass is 19.3. The number of rotatable bonds is 2. The van der Waals surface area contributed by atoms with Crippen molar-refractivity contribution in [3.05, 3.63) is 29.6 Å². The average molecular weight is 286 g/mol. The summed E-state index contributed by atoms with van der Waals surface area (Å²) >= 11 is 0. The standard InChI is InChI=1S/C14H18BF3O2/c1-12(2)13(3,4)20-15(19-12)11-8-9(16)6-7-10(11)14(5,17)18/h6-8H,1-5H3. The third-order valence-electron chi connectivity index (χ3n) is 3.99. The molecule has 1 fully saturated rings. The van der Waals surface area contributed by atoms with Crippen LogP contribution in [0.3, 0.4) is 0 Å². The second-order valence-corrected chi connectivity index (χ2v) is 6.21. The van der Waals surface area contributed by atoms with Gasteiger partial charge in [0.2, 0.25) is 0 Å². The Morgan fingerprint density at radius 3 is 2.00 bits per heavy atom. The first-order valence-electron chi connectivity index (χ1n) is 6.47. The van der Waals surface area contributed by atoms with Crippen LogP contribution in [-0.2, 0) is 15.2 Å². The highest BCUT2D eigenvalue weighted by Gasteiger charge is 2.53. The molecule has 1 aliphatic rings. The second-order valence-electron chi connectivity index (χ2n) is 6.21. The Morgan fingerprint density at radius 1 is 1.05 bits per heavy atom. The molecule has 1 aliphatic heterocycles. The SMILES string of the molecule is CC(F)(F)c1ccc(F)cc1B1OC(C)(C)C(C)(C)O1. The molecule has 0 N–H and O–H groups in total. The van der Waals surface area contributed by atoms with Crippen LogP contribution in [0.25, 0.3) is 0 Å². The molecule has 0 radical (unpaired) electrons. The Balaban J connectivity index is 2.47. The maximum absolute atomic E-state index is 13.7. The fourth-order valence-electron chi connectivity index (χ4n) is 2.10. The first-order valence-corrected chi connectivity index (χ1v) is 6.47. The zero-order valence-corrected chi connectivity index (χ0v) is 12.3. The van der Waals surface area contributed by atoms with Crippen molar-refractivity contribution < 1.29 is 22.5 Å². The molecule has 0 unspecified atom stereocenters. The minimum absolute atomic E-state index is 0.0381. The summed E-state index contributed by atoms with van der Waals surface area (Å²) in [4.78, 5) is 0. The monoisotopic (exact) mass is 286 g/mol. The van der Waals surface area contributed by atoms with Crippen molar-refractivity contribution in [1.82, 2.24) is 0 Å². The fraction of sp³-hybridized carbons (Fsp3) is 0.571. The molecule has 0 amide bonds. The quantitative estimate of drug-likeness (QED) is 0.777. The van der Waals surface area contributed by atoms with E-state index in [4.69, 9.17) is 9.31 Å². The molecule has 20 heavy (non-hydrogen) atoms. The molecule has 1 aromatic carbocycles. The van der Waals surface area contributed by atoms with Crippen LogP contribution >= 0.6 is 0 Å². The van der Waals surface area contributed by atoms with Crippen molar-refractivity contribution in [2.24, 2.45) is 0 Å². The van der Waals surface area contributed by atoms with E-state index in [0.717, 1.165) is 25.1 Å². The van der Waals surface area contributed by atoms with E-state index in [9.17, 15) is 13.2 Å². The maximum atomic E-state index is 13.7. The number of halogens is 3. The molecule has 0 atom stereocenters. The molecule has 1 heterocycles. The van der Waals surface area contributed by atoms with Gasteiger partial charge in [-0.2, -0.15) is 0 Å². The van der Waals surface area contributed by atoms with Crippen molar-refractivity contribution in [2.45, 2.75) is 51.7 Å². The lowest BCUT2D eigenvalue weighted by Crippen LogP contribution is -2.41. The summed E-state index contributed by atoms with van der Waals surface area (Å²) in [5.74, 6) is -3.69. The first kappa shape index (κ1) is 15.4. The van der Waals surface area contributed by atoms with Crippen LogP contribution in [0.2, 0.25) is 0 Å². The van der Waals surface area contributed by atoms with Gasteiger partial charge < -0.3 is 9.31 Å². The average Bonchev–Trinajstić information content (AvgIpc) is 2.46. The Kier molecular flexibility index (Phi) is 3.46. The Bertz CT molecular complexity index is 508. The van der Waals surface area contributed by atoms with Gasteiger partial charge in [0.05, 0.1) is 11.2 Å². The van der Waals surface area contributed by atoms with Crippen LogP contribution in [0.15, 0.2) is 18.2 Å². The lowest BCUT2D eigenvalue weighted by molar-refractivity contribution is 0.00578. The molecule has 0 aromatic heterocycles. The van der Waals surface area contributed by atoms with E-state index in [1.165, 1.54) is 0 Å². The van der Waals surface area contributed by atoms with Crippen LogP contribution in [0.4, 0.5) is 13.2 Å². The van der Waals surface area contributed by atoms with E-state index in [0.29, 0.717) is 0 Å². The fourth-order valence-corrected chi connectivity index (χ4v) is 2.10. The van der Waals surface area contributed by atoms with E-state index in [2.05, 4.69) is 0 Å². The smallest absolute Gasteiger partial charge is 0.399 e. The second kappa shape index (κ2) is 4.50. The van der Waals surface area contributed by atoms with Crippen LogP contribution in [0, 0.1) is 5.82 Å². The predicted molar refractivity (Wildman–Crippen MR) is 71.7 cm³/mol. The molecule has 0 aliphatic carbocycles. The highest BCUT2D eigenvalue weighted by molar-refractivity contribution is 6.62. The van der Waals surface area contributed by atoms with Crippen LogP contribution in [0.5, 0.6) is 0 Å². The van der Waals surface area contributed by atoms with Crippen molar-refractivity contribution >= 4 is 12.6 Å². The van der Waals surface area contributed by atoms with E-state index >= 15 is 0 Å². The first-order chi connectivity index (χ1) is 8.94. The summed E-state index contributed by atoms with van der Waals surface area (Å²) < 4.78 is 52.2. The maximum Gasteiger partial charge on any atom is 0.495 e. The van der Waals surface area contributed by atoms with Crippen molar-refractivity contribution in [2.75, 3.05) is 0 Å². The molecule has 1 saturated heterocycles. The summed E-state index contributed by atoms with van der Waals surface area (Å²) in [6.45, 7) is 8.03. The molecule has 6 heteroatoms. The van der Waals surface area contributed by atoms with Crippen molar-refractivity contribution in [3.63, 3.8) is 0 Å². The molecular formula is C14H18BF3O2. The van der Waals surface area contributed by atoms with E-state index in [1.807, 2.05) is 27.7 Å². The number of hydrogen-bond acceptors (Lipinski definition) is 2. The molecule has 1 aromatic rings. The summed E-state index contributed by atoms with van der Waals surface area (Å²) in [6, 6.07) is 3.14. The lowest BCUT2D eigenvalue weighted by Gasteiger charge is -2.32. The van der Waals surface area contributed by atoms with Crippen LogP contribution < -0.4 is 5.46 Å². The molecule has 0 bridgehead atoms. The Labute approximate surface area is 117 Å². The zero-order chi connectivity index (χ0) is 15.3. The van der Waals surface area contributed by atoms with Gasteiger partial charge in [0, 0.05) is 12.5 Å². The van der Waals surface area contributed by atoms with Gasteiger partial charge in [-0.05, 0) is 45.3 Å². The van der Waals surface area contributed by atoms with Crippen LogP contribution in [0.1, 0.15) is 40.2 Å². The zero-order valence-electron chi connectivity index (χ0n) is 12.3. The van der Waals surface area contributed by atoms with Gasteiger partial charge in [0.1, 0.15) is 5.82 Å². The molecular weight excluding hydrogens is 268 g/mol. The van der Waals surface area contributed by atoms with Gasteiger partial charge in [-0.15, -0.1) is 0 Å². The van der Waals surface area contributed by atoms with Gasteiger partial charge in [-0.25, -0.2) is 13.2 Å². The lowest BCUT2D eigenvalue weighted by atomic mass is 9.74. The van der Waals surface area contributed by atoms with Gasteiger partial charge >= 0.3 is 7.12 Å². The summed E-state index contributed by atoms with van der Waals surface area (Å²) in [5, 5.41) is 0. The Hall–Kier alpha value is -1.01. The predicted octanol–water partition coefficient (Wildman–Crippen LogP) is 3.24. The van der Waals surface area contributed by atoms with Crippen molar-refractivity contribution in [3.8, 4) is 0 Å². The number of alkyl halides is 2. The van der Waals surface area contributed by atoms with Crippen LogP contribution in [-0.4, -0.2) is 18.3 Å². The summed E-state index contributed by atoms with van der Waals surface area (Å²) in [5.41, 5.74) is -1.57. The largest absolute Gasteiger partial charge is 0.495 e. The normalized spacial score (nSPS) is 21.3. The minimum Gasteiger partial charge on any atom is -0.399 e. The van der Waals surface area contributed by atoms with Gasteiger partial charge in [-0.3, -0.25) is 0 Å². The van der Waals surface area contributed by atoms with Gasteiger partial charge in [-0.1, -0.05) is 6.07 Å². The molecule has 0 saturated carbocycles. The highest BCUT2D eigenvalue weighted by Crippen LogP contribution is 2.37. The van der Waals surface area contributed by atoms with Gasteiger partial charge in [0.25, 0.3) is 5.92 Å². The molecule has 2 nitrogen and oxygen atoms in total. The topological polar surface area (TPSA) is 18.5 Å². The van der Waals surface area contributed by atoms with E-state index in [1.54, 1.807) is 0 Å². The number of hydrogen-bond donors (Lipinski definition) is 0. The summed E-state index contributed by atoms with van der Waals surface area (Å²) in [7, 11) is -1.00. The third-order valence-corrected chi connectivity index (χ3v) is 3.99.